The molecule has 1 aliphatic rings. The molecule has 3 heterocycles. The Hall–Kier alpha value is -2.21. The van der Waals surface area contributed by atoms with Gasteiger partial charge in [0.15, 0.2) is 4.96 Å². The third-order valence-electron chi connectivity index (χ3n) is 4.46. The van der Waals surface area contributed by atoms with E-state index in [1.165, 1.54) is 36.3 Å². The molecule has 3 aromatic rings. The number of fused-ring (bicyclic) bond motifs is 1. The van der Waals surface area contributed by atoms with Crippen LogP contribution in [0.4, 0.5) is 4.39 Å². The second-order valence-corrected chi connectivity index (χ2v) is 6.95. The molecule has 0 spiro atoms. The number of nitrogens with zero attached hydrogens (tertiary/aromatic N) is 3. The second kappa shape index (κ2) is 6.36. The van der Waals surface area contributed by atoms with Crippen LogP contribution in [0.1, 0.15) is 36.2 Å². The number of amides is 1. The summed E-state index contributed by atoms with van der Waals surface area (Å²) in [5.41, 5.74) is 2.27. The van der Waals surface area contributed by atoms with E-state index in [-0.39, 0.29) is 11.7 Å². The van der Waals surface area contributed by atoms with E-state index < -0.39 is 0 Å². The zero-order valence-electron chi connectivity index (χ0n) is 13.2. The molecule has 1 aromatic carbocycles. The third kappa shape index (κ3) is 2.82. The highest BCUT2D eigenvalue weighted by Gasteiger charge is 2.21. The zero-order valence-corrected chi connectivity index (χ0v) is 14.1. The van der Waals surface area contributed by atoms with Crippen molar-refractivity contribution in [3.63, 3.8) is 0 Å². The van der Waals surface area contributed by atoms with E-state index in [0.717, 1.165) is 42.1 Å². The van der Waals surface area contributed by atoms with Crippen molar-refractivity contribution in [2.75, 3.05) is 13.1 Å². The molecule has 0 unspecified atom stereocenters. The first-order valence-electron chi connectivity index (χ1n) is 8.24. The molecule has 1 fully saturated rings. The minimum atomic E-state index is -0.267. The number of imidazole rings is 1. The van der Waals surface area contributed by atoms with Crippen LogP contribution >= 0.6 is 11.3 Å². The van der Waals surface area contributed by atoms with E-state index in [1.807, 2.05) is 20.9 Å². The fraction of sp³-hybridized carbons (Fsp3) is 0.333. The molecule has 0 saturated carbocycles. The molecular weight excluding hydrogens is 325 g/mol. The third-order valence-corrected chi connectivity index (χ3v) is 5.30. The van der Waals surface area contributed by atoms with Gasteiger partial charge in [0.1, 0.15) is 11.5 Å². The maximum absolute atomic E-state index is 13.1. The van der Waals surface area contributed by atoms with Crippen molar-refractivity contribution in [2.45, 2.75) is 25.7 Å². The number of carbonyl (C=O) groups is 1. The lowest BCUT2D eigenvalue weighted by atomic mass is 10.2. The average Bonchev–Trinajstić information content (AvgIpc) is 3.05. The van der Waals surface area contributed by atoms with E-state index in [0.29, 0.717) is 5.69 Å². The van der Waals surface area contributed by atoms with E-state index in [1.54, 1.807) is 12.1 Å². The van der Waals surface area contributed by atoms with Crippen LogP contribution in [-0.4, -0.2) is 33.3 Å². The highest BCUT2D eigenvalue weighted by atomic mass is 32.1. The number of likely N-dealkylation sites (tertiary alicyclic amines) is 1. The minimum absolute atomic E-state index is 0.0752. The zero-order chi connectivity index (χ0) is 16.5. The van der Waals surface area contributed by atoms with Crippen molar-refractivity contribution < 1.29 is 9.18 Å². The largest absolute Gasteiger partial charge is 0.337 e. The Morgan fingerprint density at radius 1 is 1.08 bits per heavy atom. The van der Waals surface area contributed by atoms with Crippen LogP contribution in [0, 0.1) is 5.82 Å². The summed E-state index contributed by atoms with van der Waals surface area (Å²) in [4.78, 5) is 20.2. The molecule has 0 N–H and O–H groups in total. The Balaban J connectivity index is 1.66. The molecule has 4 rings (SSSR count). The fourth-order valence-corrected chi connectivity index (χ4v) is 3.98. The Kier molecular flexibility index (Phi) is 4.06. The molecule has 1 saturated heterocycles. The molecule has 2 aromatic heterocycles. The van der Waals surface area contributed by atoms with Crippen LogP contribution in [0.3, 0.4) is 0 Å². The van der Waals surface area contributed by atoms with Crippen molar-refractivity contribution >= 4 is 22.2 Å². The number of rotatable bonds is 2. The van der Waals surface area contributed by atoms with Gasteiger partial charge in [-0.05, 0) is 37.1 Å². The smallest absolute Gasteiger partial charge is 0.271 e. The van der Waals surface area contributed by atoms with Gasteiger partial charge in [-0.3, -0.25) is 9.20 Å². The molecule has 6 heteroatoms. The lowest BCUT2D eigenvalue weighted by molar-refractivity contribution is 0.0755. The molecule has 0 radical (unpaired) electrons. The normalized spacial score (nSPS) is 15.6. The van der Waals surface area contributed by atoms with Gasteiger partial charge in [-0.2, -0.15) is 0 Å². The molecule has 0 bridgehead atoms. The number of carbonyl (C=O) groups excluding carboxylic acids is 1. The van der Waals surface area contributed by atoms with Crippen LogP contribution in [0.5, 0.6) is 0 Å². The molecule has 124 valence electrons. The maximum Gasteiger partial charge on any atom is 0.271 e. The Morgan fingerprint density at radius 2 is 1.79 bits per heavy atom. The van der Waals surface area contributed by atoms with Gasteiger partial charge in [0.2, 0.25) is 0 Å². The van der Waals surface area contributed by atoms with Crippen molar-refractivity contribution in [3.05, 3.63) is 47.4 Å². The Labute approximate surface area is 143 Å². The number of aromatic nitrogens is 2. The van der Waals surface area contributed by atoms with E-state index in [9.17, 15) is 9.18 Å². The molecule has 1 amide bonds. The lowest BCUT2D eigenvalue weighted by Crippen LogP contribution is -2.32. The Morgan fingerprint density at radius 3 is 2.50 bits per heavy atom. The monoisotopic (exact) mass is 343 g/mol. The van der Waals surface area contributed by atoms with Crippen LogP contribution in [0.15, 0.2) is 35.8 Å². The molecule has 0 aliphatic carbocycles. The summed E-state index contributed by atoms with van der Waals surface area (Å²) in [5.74, 6) is -0.192. The number of hydrogen-bond acceptors (Lipinski definition) is 3. The SMILES string of the molecule is O=C(c1csc2nc(-c3ccc(F)cc3)cn12)N1CCCCCC1. The lowest BCUT2D eigenvalue weighted by Gasteiger charge is -2.19. The predicted octanol–water partition coefficient (Wildman–Crippen LogP) is 4.22. The molecular formula is C18H18FN3OS. The fourth-order valence-electron chi connectivity index (χ4n) is 3.13. The Bertz CT molecular complexity index is 860. The van der Waals surface area contributed by atoms with Crippen molar-refractivity contribution in [1.29, 1.82) is 0 Å². The van der Waals surface area contributed by atoms with E-state index >= 15 is 0 Å². The summed E-state index contributed by atoms with van der Waals surface area (Å²) in [6.45, 7) is 1.66. The first-order valence-corrected chi connectivity index (χ1v) is 9.12. The van der Waals surface area contributed by atoms with Gasteiger partial charge in [0.05, 0.1) is 5.69 Å². The van der Waals surface area contributed by atoms with E-state index in [2.05, 4.69) is 4.98 Å². The summed E-state index contributed by atoms with van der Waals surface area (Å²) >= 11 is 1.46. The van der Waals surface area contributed by atoms with Crippen molar-refractivity contribution in [3.8, 4) is 11.3 Å². The number of halogens is 1. The van der Waals surface area contributed by atoms with Crippen LogP contribution in [0.25, 0.3) is 16.2 Å². The first-order chi connectivity index (χ1) is 11.7. The number of thiazole rings is 1. The highest BCUT2D eigenvalue weighted by Crippen LogP contribution is 2.25. The molecule has 24 heavy (non-hydrogen) atoms. The van der Waals surface area contributed by atoms with Gasteiger partial charge in [-0.1, -0.05) is 12.8 Å². The topological polar surface area (TPSA) is 37.6 Å². The predicted molar refractivity (Wildman–Crippen MR) is 92.8 cm³/mol. The first kappa shape index (κ1) is 15.3. The van der Waals surface area contributed by atoms with Gasteiger partial charge in [0.25, 0.3) is 5.91 Å². The summed E-state index contributed by atoms with van der Waals surface area (Å²) in [7, 11) is 0. The minimum Gasteiger partial charge on any atom is -0.337 e. The van der Waals surface area contributed by atoms with Gasteiger partial charge in [-0.15, -0.1) is 11.3 Å². The number of benzene rings is 1. The van der Waals surface area contributed by atoms with Crippen molar-refractivity contribution in [1.82, 2.24) is 14.3 Å². The summed E-state index contributed by atoms with van der Waals surface area (Å²) in [6, 6.07) is 6.26. The summed E-state index contributed by atoms with van der Waals surface area (Å²) < 4.78 is 14.9. The van der Waals surface area contributed by atoms with Crippen LogP contribution < -0.4 is 0 Å². The highest BCUT2D eigenvalue weighted by molar-refractivity contribution is 7.15. The molecule has 4 nitrogen and oxygen atoms in total. The second-order valence-electron chi connectivity index (χ2n) is 6.11. The quantitative estimate of drug-likeness (QED) is 0.699. The van der Waals surface area contributed by atoms with Gasteiger partial charge in [-0.25, -0.2) is 9.37 Å². The van der Waals surface area contributed by atoms with E-state index in [4.69, 9.17) is 0 Å². The molecule has 0 atom stereocenters. The maximum atomic E-state index is 13.1. The summed E-state index contributed by atoms with van der Waals surface area (Å²) in [6.07, 6.45) is 6.41. The van der Waals surface area contributed by atoms with Gasteiger partial charge < -0.3 is 4.90 Å². The van der Waals surface area contributed by atoms with Crippen LogP contribution in [0.2, 0.25) is 0 Å². The van der Waals surface area contributed by atoms with Crippen LogP contribution in [-0.2, 0) is 0 Å². The van der Waals surface area contributed by atoms with Crippen molar-refractivity contribution in [2.24, 2.45) is 0 Å². The summed E-state index contributed by atoms with van der Waals surface area (Å²) in [5, 5.41) is 1.88. The molecule has 1 aliphatic heterocycles. The number of hydrogen-bond donors (Lipinski definition) is 0. The van der Waals surface area contributed by atoms with Gasteiger partial charge in [0, 0.05) is 30.2 Å². The standard InChI is InChI=1S/C18H18FN3OS/c19-14-7-5-13(6-8-14)15-11-22-16(12-24-18(22)20-15)17(23)21-9-3-1-2-4-10-21/h5-8,11-12H,1-4,9-10H2. The average molecular weight is 343 g/mol. The van der Waals surface area contributed by atoms with Gasteiger partial charge >= 0.3 is 0 Å².